The maximum Gasteiger partial charge on any atom is 0.338 e. The predicted molar refractivity (Wildman–Crippen MR) is 309 cm³/mol. The van der Waals surface area contributed by atoms with Gasteiger partial charge in [-0.15, -0.1) is 0 Å². The van der Waals surface area contributed by atoms with Gasteiger partial charge in [0.1, 0.15) is 71.8 Å². The third-order valence-electron chi connectivity index (χ3n) is 10.9. The summed E-state index contributed by atoms with van der Waals surface area (Å²) in [5, 5.41) is 19.7. The van der Waals surface area contributed by atoms with Crippen LogP contribution in [0, 0.1) is 13.8 Å². The molecule has 22 heteroatoms. The van der Waals surface area contributed by atoms with E-state index in [4.69, 9.17) is 47.4 Å². The highest BCUT2D eigenvalue weighted by atomic mass is 16.6. The number of rotatable bonds is 24. The van der Waals surface area contributed by atoms with Crippen LogP contribution >= 0.6 is 0 Å². The second-order valence-corrected chi connectivity index (χ2v) is 19.6. The Labute approximate surface area is 498 Å². The standard InChI is InChI=1S/C34H38O12.C30H34O10/c1-19-13-27(16-30(14-19)45-25(7)36)32(38)42-22(4)11-12-23(5)44-34(40)29-15-28(17-31(18-29)46-26(8)37)33(39)43-21(3)10-9-20(2)41-24(6)35;1-17-11-23(14-26(32)12-17)28(34)38-20(4)9-10-21(5)40-30(36)25-13-24(15-27(33)16-25)29(35)39-19(3)8-7-18(2)37-22(6)31/h9-18,20-23H,1-8H3;7-16,18-21,32-33H,1-6H3/b10-9+,12-11+;8-7+,10-9+. The van der Waals surface area contributed by atoms with Gasteiger partial charge < -0.3 is 57.6 Å². The van der Waals surface area contributed by atoms with Crippen molar-refractivity contribution < 1.29 is 106 Å². The van der Waals surface area contributed by atoms with Crippen LogP contribution in [0.5, 0.6) is 23.0 Å². The number of esters is 10. The van der Waals surface area contributed by atoms with E-state index >= 15 is 0 Å². The van der Waals surface area contributed by atoms with Crippen LogP contribution < -0.4 is 9.47 Å². The summed E-state index contributed by atoms with van der Waals surface area (Å²) in [4.78, 5) is 121. The molecule has 4 aromatic rings. The summed E-state index contributed by atoms with van der Waals surface area (Å²) in [6.45, 7) is 21.3. The summed E-state index contributed by atoms with van der Waals surface area (Å²) in [5.41, 5.74) is 1.51. The SMILES string of the molecule is CC(=O)OC(C)/C=C/C(C)OC(=O)c1cc(O)cc(C(=O)OC(C)/C=C/C(C)OC(=O)c2cc(C)cc(O)c2)c1.CC(=O)Oc1cc(C)cc(C(=O)OC(C)/C=C/C(C)OC(=O)c2cc(OC(C)=O)cc(C(=O)OC(C)/C=C/C(C)OC(C)=O)c2)c1. The van der Waals surface area contributed by atoms with Gasteiger partial charge in [-0.25, -0.2) is 28.8 Å². The number of ether oxygens (including phenoxy) is 10. The van der Waals surface area contributed by atoms with E-state index in [9.17, 15) is 58.2 Å². The van der Waals surface area contributed by atoms with Crippen LogP contribution in [0.1, 0.15) is 156 Å². The van der Waals surface area contributed by atoms with E-state index < -0.39 is 109 Å². The number of carbonyl (C=O) groups excluding carboxylic acids is 10. The van der Waals surface area contributed by atoms with Gasteiger partial charge in [-0.3, -0.25) is 19.2 Å². The van der Waals surface area contributed by atoms with E-state index in [1.54, 1.807) is 106 Å². The number of aromatic hydroxyl groups is 2. The first-order valence-corrected chi connectivity index (χ1v) is 26.9. The third kappa shape index (κ3) is 26.6. The molecule has 4 aromatic carbocycles. The van der Waals surface area contributed by atoms with Crippen molar-refractivity contribution in [2.24, 2.45) is 0 Å². The van der Waals surface area contributed by atoms with E-state index in [1.165, 1.54) is 101 Å². The highest BCUT2D eigenvalue weighted by molar-refractivity contribution is 5.97. The van der Waals surface area contributed by atoms with Gasteiger partial charge in [0.25, 0.3) is 0 Å². The molecule has 0 saturated carbocycles. The van der Waals surface area contributed by atoms with Crippen molar-refractivity contribution in [1.29, 1.82) is 0 Å². The quantitative estimate of drug-likeness (QED) is 0.0285. The smallest absolute Gasteiger partial charge is 0.338 e. The predicted octanol–water partition coefficient (Wildman–Crippen LogP) is 10.1. The zero-order valence-electron chi connectivity index (χ0n) is 50.2. The van der Waals surface area contributed by atoms with E-state index in [1.807, 2.05) is 0 Å². The second-order valence-electron chi connectivity index (χ2n) is 19.6. The van der Waals surface area contributed by atoms with Gasteiger partial charge in [-0.05, 0) is 202 Å². The van der Waals surface area contributed by atoms with Crippen molar-refractivity contribution in [2.75, 3.05) is 0 Å². The van der Waals surface area contributed by atoms with Gasteiger partial charge in [-0.1, -0.05) is 0 Å². The summed E-state index contributed by atoms with van der Waals surface area (Å²) in [5.74, 6) is -6.82. The molecule has 0 spiro atoms. The zero-order chi connectivity index (χ0) is 64.5. The molecule has 0 bridgehead atoms. The first kappa shape index (κ1) is 70.4. The molecule has 0 radical (unpaired) electrons. The molecule has 0 amide bonds. The summed E-state index contributed by atoms with van der Waals surface area (Å²) in [6, 6.07) is 16.3. The van der Waals surface area contributed by atoms with E-state index in [2.05, 4.69) is 0 Å². The molecule has 4 rings (SSSR count). The first-order chi connectivity index (χ1) is 40.2. The molecule has 0 fully saturated rings. The molecular weight excluding hydrogens is 1120 g/mol. The van der Waals surface area contributed by atoms with E-state index in [0.29, 0.717) is 11.1 Å². The first-order valence-electron chi connectivity index (χ1n) is 26.9. The Balaban J connectivity index is 0.000000455. The maximum atomic E-state index is 13.0. The Morgan fingerprint density at radius 1 is 0.291 bits per heavy atom. The molecule has 22 nitrogen and oxygen atoms in total. The molecule has 0 saturated heterocycles. The molecule has 8 unspecified atom stereocenters. The fraction of sp³-hybridized carbons (Fsp3) is 0.344. The topological polar surface area (TPSA) is 303 Å². The lowest BCUT2D eigenvalue weighted by Crippen LogP contribution is -2.18. The monoisotopic (exact) mass is 1190 g/mol. The zero-order valence-corrected chi connectivity index (χ0v) is 50.2. The number of hydrogen-bond donors (Lipinski definition) is 2. The van der Waals surface area contributed by atoms with Gasteiger partial charge >= 0.3 is 59.7 Å². The Morgan fingerprint density at radius 3 is 0.756 bits per heavy atom. The van der Waals surface area contributed by atoms with Gasteiger partial charge in [0.15, 0.2) is 0 Å². The van der Waals surface area contributed by atoms with Crippen molar-refractivity contribution >= 4 is 59.7 Å². The Morgan fingerprint density at radius 2 is 0.500 bits per heavy atom. The molecule has 2 N–H and O–H groups in total. The summed E-state index contributed by atoms with van der Waals surface area (Å²) >= 11 is 0. The van der Waals surface area contributed by atoms with Crippen molar-refractivity contribution in [2.45, 2.75) is 146 Å². The van der Waals surface area contributed by atoms with Gasteiger partial charge in [0, 0.05) is 27.7 Å². The highest BCUT2D eigenvalue weighted by Crippen LogP contribution is 2.24. The summed E-state index contributed by atoms with van der Waals surface area (Å²) in [6.07, 6.45) is 6.93. The number of phenolic OH excluding ortho intramolecular Hbond substituents is 2. The number of phenols is 2. The number of hydrogen-bond acceptors (Lipinski definition) is 22. The van der Waals surface area contributed by atoms with Crippen LogP contribution in [0.25, 0.3) is 0 Å². The van der Waals surface area contributed by atoms with Gasteiger partial charge in [-0.2, -0.15) is 0 Å². The maximum absolute atomic E-state index is 13.0. The van der Waals surface area contributed by atoms with Crippen LogP contribution in [0.3, 0.4) is 0 Å². The van der Waals surface area contributed by atoms with Crippen LogP contribution in [0.4, 0.5) is 0 Å². The highest BCUT2D eigenvalue weighted by Gasteiger charge is 2.22. The van der Waals surface area contributed by atoms with Crippen LogP contribution in [-0.2, 0) is 57.1 Å². The minimum Gasteiger partial charge on any atom is -0.508 e. The van der Waals surface area contributed by atoms with Crippen molar-refractivity contribution in [3.8, 4) is 23.0 Å². The lowest BCUT2D eigenvalue weighted by molar-refractivity contribution is -0.144. The molecular formula is C64H72O22. The normalized spacial score (nSPS) is 13.9. The van der Waals surface area contributed by atoms with Gasteiger partial charge in [0.2, 0.25) is 0 Å². The summed E-state index contributed by atoms with van der Waals surface area (Å²) < 4.78 is 52.4. The van der Waals surface area contributed by atoms with E-state index in [-0.39, 0.29) is 56.4 Å². The van der Waals surface area contributed by atoms with Crippen LogP contribution in [0.15, 0.2) is 121 Å². The van der Waals surface area contributed by atoms with Crippen molar-refractivity contribution in [3.63, 3.8) is 0 Å². The fourth-order valence-corrected chi connectivity index (χ4v) is 7.39. The fourth-order valence-electron chi connectivity index (χ4n) is 7.39. The average Bonchev–Trinajstić information content (AvgIpc) is 2.16. The lowest BCUT2D eigenvalue weighted by Gasteiger charge is -2.14. The molecule has 0 aliphatic heterocycles. The third-order valence-corrected chi connectivity index (χ3v) is 10.9. The lowest BCUT2D eigenvalue weighted by atomic mass is 10.1. The van der Waals surface area contributed by atoms with Crippen molar-refractivity contribution in [3.05, 3.63) is 166 Å². The Bertz CT molecular complexity index is 3220. The minimum atomic E-state index is -0.828. The Kier molecular flexibility index (Phi) is 27.9. The molecule has 460 valence electrons. The second kappa shape index (κ2) is 34.0. The molecule has 0 heterocycles. The van der Waals surface area contributed by atoms with Crippen LogP contribution in [0.2, 0.25) is 0 Å². The molecule has 0 aliphatic carbocycles. The molecule has 86 heavy (non-hydrogen) atoms. The largest absolute Gasteiger partial charge is 0.508 e. The average molecular weight is 1190 g/mol. The van der Waals surface area contributed by atoms with Gasteiger partial charge in [0.05, 0.1) is 33.4 Å². The number of carbonyl (C=O) groups is 10. The molecule has 0 aliphatic rings. The number of aryl methyl sites for hydroxylation is 2. The van der Waals surface area contributed by atoms with Crippen LogP contribution in [-0.4, -0.2) is 119 Å². The van der Waals surface area contributed by atoms with E-state index in [0.717, 1.165) is 12.1 Å². The molecule has 0 aromatic heterocycles. The van der Waals surface area contributed by atoms with Crippen molar-refractivity contribution in [1.82, 2.24) is 0 Å². The molecule has 8 atom stereocenters. The number of benzene rings is 4. The summed E-state index contributed by atoms with van der Waals surface area (Å²) in [7, 11) is 0. The minimum absolute atomic E-state index is 0.0451. The Hall–Kier alpha value is -9.86.